The van der Waals surface area contributed by atoms with Gasteiger partial charge in [0.05, 0.1) is 11.3 Å². The second-order valence-electron chi connectivity index (χ2n) is 5.75. The van der Waals surface area contributed by atoms with Crippen molar-refractivity contribution in [2.45, 2.75) is 20.0 Å². The number of rotatable bonds is 7. The zero-order valence-electron chi connectivity index (χ0n) is 15.1. The average molecular weight is 412 g/mol. The molecule has 146 valence electrons. The van der Waals surface area contributed by atoms with Crippen LogP contribution in [0.3, 0.4) is 0 Å². The third-order valence-corrected chi connectivity index (χ3v) is 4.10. The Hall–Kier alpha value is -2.28. The van der Waals surface area contributed by atoms with E-state index in [0.29, 0.717) is 35.1 Å². The van der Waals surface area contributed by atoms with Gasteiger partial charge in [-0.05, 0) is 49.7 Å². The molecule has 0 spiro atoms. The molecule has 4 N–H and O–H groups in total. The fourth-order valence-electron chi connectivity index (χ4n) is 2.25. The highest BCUT2D eigenvalue weighted by Gasteiger charge is 2.18. The molecular formula is C19H23Cl2N3O3. The van der Waals surface area contributed by atoms with E-state index in [2.05, 4.69) is 10.6 Å². The summed E-state index contributed by atoms with van der Waals surface area (Å²) in [5, 5.41) is 6.05. The van der Waals surface area contributed by atoms with Crippen LogP contribution in [0.25, 0.3) is 0 Å². The second kappa shape index (κ2) is 10.8. The van der Waals surface area contributed by atoms with Gasteiger partial charge in [0.2, 0.25) is 0 Å². The molecular weight excluding hydrogens is 389 g/mol. The maximum absolute atomic E-state index is 12.4. The van der Waals surface area contributed by atoms with Gasteiger partial charge in [0, 0.05) is 18.1 Å². The molecule has 0 fully saturated rings. The van der Waals surface area contributed by atoms with E-state index < -0.39 is 6.10 Å². The van der Waals surface area contributed by atoms with Crippen molar-refractivity contribution in [3.8, 4) is 5.75 Å². The molecule has 0 bridgehead atoms. The molecule has 0 saturated carbocycles. The standard InChI is InChI=1S/C19H22ClN3O3.ClH/c1-12-11-14(7-8-16(12)20)26-13(2)18(24)23-17-6-4-3-5-15(17)19(25)22-10-9-21;/h3-8,11,13H,9-10,21H2,1-2H3,(H,22,25)(H,23,24);1H. The minimum absolute atomic E-state index is 0. The molecule has 1 atom stereocenters. The van der Waals surface area contributed by atoms with Crippen LogP contribution in [0.1, 0.15) is 22.8 Å². The SMILES string of the molecule is Cc1cc(OC(C)C(=O)Nc2ccccc2C(=O)NCCN)ccc1Cl.Cl. The summed E-state index contributed by atoms with van der Waals surface area (Å²) in [6.45, 7) is 4.19. The van der Waals surface area contributed by atoms with Crippen LogP contribution in [0.15, 0.2) is 42.5 Å². The first-order valence-electron chi connectivity index (χ1n) is 8.23. The van der Waals surface area contributed by atoms with E-state index in [-0.39, 0.29) is 24.2 Å². The van der Waals surface area contributed by atoms with Gasteiger partial charge in [-0.3, -0.25) is 9.59 Å². The van der Waals surface area contributed by atoms with Gasteiger partial charge in [-0.2, -0.15) is 0 Å². The molecule has 2 aromatic carbocycles. The summed E-state index contributed by atoms with van der Waals surface area (Å²) < 4.78 is 5.66. The molecule has 1 unspecified atom stereocenters. The van der Waals surface area contributed by atoms with Gasteiger partial charge >= 0.3 is 0 Å². The Morgan fingerprint density at radius 2 is 1.93 bits per heavy atom. The van der Waals surface area contributed by atoms with Crippen molar-refractivity contribution in [3.05, 3.63) is 58.6 Å². The Kier molecular flexibility index (Phi) is 9.08. The number of benzene rings is 2. The van der Waals surface area contributed by atoms with Gasteiger partial charge in [-0.1, -0.05) is 23.7 Å². The number of carbonyl (C=O) groups is 2. The van der Waals surface area contributed by atoms with Crippen molar-refractivity contribution >= 4 is 41.5 Å². The minimum atomic E-state index is -0.754. The Morgan fingerprint density at radius 3 is 2.59 bits per heavy atom. The lowest BCUT2D eigenvalue weighted by atomic mass is 10.1. The molecule has 0 aliphatic heterocycles. The van der Waals surface area contributed by atoms with E-state index in [4.69, 9.17) is 22.1 Å². The van der Waals surface area contributed by atoms with Crippen LogP contribution in [-0.4, -0.2) is 31.0 Å². The topological polar surface area (TPSA) is 93.4 Å². The summed E-state index contributed by atoms with van der Waals surface area (Å²) >= 11 is 5.99. The van der Waals surface area contributed by atoms with Crippen LogP contribution >= 0.6 is 24.0 Å². The van der Waals surface area contributed by atoms with Gasteiger partial charge in [0.1, 0.15) is 5.75 Å². The fraction of sp³-hybridized carbons (Fsp3) is 0.263. The second-order valence-corrected chi connectivity index (χ2v) is 6.16. The van der Waals surface area contributed by atoms with E-state index in [0.717, 1.165) is 5.56 Å². The zero-order valence-corrected chi connectivity index (χ0v) is 16.7. The Labute approximate surface area is 169 Å². The molecule has 2 amide bonds. The molecule has 2 aromatic rings. The number of carbonyl (C=O) groups excluding carboxylic acids is 2. The minimum Gasteiger partial charge on any atom is -0.481 e. The molecule has 2 rings (SSSR count). The van der Waals surface area contributed by atoms with E-state index in [1.807, 2.05) is 6.92 Å². The maximum atomic E-state index is 12.4. The smallest absolute Gasteiger partial charge is 0.265 e. The average Bonchev–Trinajstić information content (AvgIpc) is 2.63. The van der Waals surface area contributed by atoms with Gasteiger partial charge < -0.3 is 21.1 Å². The largest absolute Gasteiger partial charge is 0.481 e. The quantitative estimate of drug-likeness (QED) is 0.651. The van der Waals surface area contributed by atoms with E-state index >= 15 is 0 Å². The van der Waals surface area contributed by atoms with Gasteiger partial charge in [0.25, 0.3) is 11.8 Å². The number of nitrogens with two attached hydrogens (primary N) is 1. The number of anilines is 1. The predicted octanol–water partition coefficient (Wildman–Crippen LogP) is 3.16. The van der Waals surface area contributed by atoms with E-state index in [1.54, 1.807) is 49.4 Å². The predicted molar refractivity (Wildman–Crippen MR) is 110 cm³/mol. The number of hydrogen-bond donors (Lipinski definition) is 3. The lowest BCUT2D eigenvalue weighted by Gasteiger charge is -2.17. The highest BCUT2D eigenvalue weighted by molar-refractivity contribution is 6.31. The van der Waals surface area contributed by atoms with Crippen LogP contribution in [-0.2, 0) is 4.79 Å². The van der Waals surface area contributed by atoms with Crippen molar-refractivity contribution in [3.63, 3.8) is 0 Å². The first-order chi connectivity index (χ1) is 12.4. The maximum Gasteiger partial charge on any atom is 0.265 e. The summed E-state index contributed by atoms with van der Waals surface area (Å²) in [7, 11) is 0. The Balaban J connectivity index is 0.00000364. The summed E-state index contributed by atoms with van der Waals surface area (Å²) in [6, 6.07) is 11.9. The zero-order chi connectivity index (χ0) is 19.1. The van der Waals surface area contributed by atoms with Crippen LogP contribution in [0.2, 0.25) is 5.02 Å². The molecule has 0 aliphatic rings. The highest BCUT2D eigenvalue weighted by atomic mass is 35.5. The molecule has 0 heterocycles. The molecule has 0 aliphatic carbocycles. The summed E-state index contributed by atoms with van der Waals surface area (Å²) in [6.07, 6.45) is -0.754. The van der Waals surface area contributed by atoms with Crippen molar-refractivity contribution in [1.82, 2.24) is 5.32 Å². The Morgan fingerprint density at radius 1 is 1.22 bits per heavy atom. The number of halogens is 2. The van der Waals surface area contributed by atoms with E-state index in [1.165, 1.54) is 0 Å². The number of aryl methyl sites for hydroxylation is 1. The third kappa shape index (κ3) is 6.43. The molecule has 6 nitrogen and oxygen atoms in total. The van der Waals surface area contributed by atoms with Crippen molar-refractivity contribution < 1.29 is 14.3 Å². The number of para-hydroxylation sites is 1. The highest BCUT2D eigenvalue weighted by Crippen LogP contribution is 2.22. The van der Waals surface area contributed by atoms with Crippen LogP contribution < -0.4 is 21.1 Å². The molecule has 27 heavy (non-hydrogen) atoms. The van der Waals surface area contributed by atoms with Gasteiger partial charge in [-0.25, -0.2) is 0 Å². The van der Waals surface area contributed by atoms with Gasteiger partial charge in [-0.15, -0.1) is 12.4 Å². The van der Waals surface area contributed by atoms with Gasteiger partial charge in [0.15, 0.2) is 6.10 Å². The number of amides is 2. The molecule has 0 aromatic heterocycles. The van der Waals surface area contributed by atoms with Crippen LogP contribution in [0.4, 0.5) is 5.69 Å². The lowest BCUT2D eigenvalue weighted by Crippen LogP contribution is -2.32. The molecule has 0 radical (unpaired) electrons. The number of nitrogens with one attached hydrogen (secondary N) is 2. The normalized spacial score (nSPS) is 11.1. The van der Waals surface area contributed by atoms with Crippen LogP contribution in [0, 0.1) is 6.92 Å². The number of hydrogen-bond acceptors (Lipinski definition) is 4. The lowest BCUT2D eigenvalue weighted by molar-refractivity contribution is -0.122. The van der Waals surface area contributed by atoms with Crippen molar-refractivity contribution in [2.75, 3.05) is 18.4 Å². The molecule has 8 heteroatoms. The summed E-state index contributed by atoms with van der Waals surface area (Å²) in [4.78, 5) is 24.6. The number of ether oxygens (including phenoxy) is 1. The van der Waals surface area contributed by atoms with E-state index in [9.17, 15) is 9.59 Å². The fourth-order valence-corrected chi connectivity index (χ4v) is 2.37. The Bertz CT molecular complexity index is 800. The van der Waals surface area contributed by atoms with Crippen LogP contribution in [0.5, 0.6) is 5.75 Å². The first kappa shape index (κ1) is 22.8. The summed E-state index contributed by atoms with van der Waals surface area (Å²) in [5.74, 6) is -0.117. The monoisotopic (exact) mass is 411 g/mol. The van der Waals surface area contributed by atoms with Crippen molar-refractivity contribution in [1.29, 1.82) is 0 Å². The third-order valence-electron chi connectivity index (χ3n) is 3.67. The summed E-state index contributed by atoms with van der Waals surface area (Å²) in [5.41, 5.74) is 7.03. The van der Waals surface area contributed by atoms with Crippen molar-refractivity contribution in [2.24, 2.45) is 5.73 Å². The molecule has 0 saturated heterocycles. The first-order valence-corrected chi connectivity index (χ1v) is 8.61.